The number of sulfonamides is 1. The summed E-state index contributed by atoms with van der Waals surface area (Å²) in [4.78, 5) is 18.3. The van der Waals surface area contributed by atoms with Crippen LogP contribution in [0.3, 0.4) is 0 Å². The molecule has 1 aliphatic heterocycles. The van der Waals surface area contributed by atoms with Gasteiger partial charge in [-0.15, -0.1) is 11.3 Å². The van der Waals surface area contributed by atoms with E-state index in [1.165, 1.54) is 29.7 Å². The molecule has 0 bridgehead atoms. The molecule has 156 valence electrons. The van der Waals surface area contributed by atoms with Crippen molar-refractivity contribution in [2.75, 3.05) is 16.2 Å². The molecule has 1 saturated heterocycles. The fourth-order valence-electron chi connectivity index (χ4n) is 3.00. The molecule has 2 heterocycles. The smallest absolute Gasteiger partial charge is 0.268 e. The molecule has 7 nitrogen and oxygen atoms in total. The van der Waals surface area contributed by atoms with E-state index in [2.05, 4.69) is 9.71 Å². The number of carbonyl (C=O) groups is 1. The van der Waals surface area contributed by atoms with Gasteiger partial charge in [0.2, 0.25) is 0 Å². The number of hydrogen-bond acceptors (Lipinski definition) is 6. The van der Waals surface area contributed by atoms with Crippen molar-refractivity contribution in [1.82, 2.24) is 4.98 Å². The summed E-state index contributed by atoms with van der Waals surface area (Å²) < 4.78 is 33.1. The number of amides is 1. The third-order valence-electron chi connectivity index (χ3n) is 4.45. The maximum absolute atomic E-state index is 12.8. The Morgan fingerprint density at radius 1 is 1.17 bits per heavy atom. The number of hydrogen-bond donors (Lipinski definition) is 1. The van der Waals surface area contributed by atoms with Crippen LogP contribution in [0.2, 0.25) is 10.0 Å². The first kappa shape index (κ1) is 20.9. The lowest BCUT2D eigenvalue weighted by molar-refractivity contribution is -0.122. The number of benzene rings is 2. The minimum atomic E-state index is -3.75. The van der Waals surface area contributed by atoms with Crippen LogP contribution >= 0.6 is 34.5 Å². The largest absolute Gasteiger partial charge is 0.479 e. The maximum atomic E-state index is 12.8. The van der Waals surface area contributed by atoms with Gasteiger partial charge < -0.3 is 9.64 Å². The fourth-order valence-corrected chi connectivity index (χ4v) is 5.13. The zero-order valence-electron chi connectivity index (χ0n) is 15.3. The first-order valence-corrected chi connectivity index (χ1v) is 11.9. The van der Waals surface area contributed by atoms with Crippen LogP contribution in [-0.4, -0.2) is 32.0 Å². The maximum Gasteiger partial charge on any atom is 0.268 e. The summed E-state index contributed by atoms with van der Waals surface area (Å²) in [5, 5.41) is 2.57. The van der Waals surface area contributed by atoms with Crippen molar-refractivity contribution in [3.05, 3.63) is 64.1 Å². The molecule has 30 heavy (non-hydrogen) atoms. The van der Waals surface area contributed by atoms with E-state index in [-0.39, 0.29) is 21.0 Å². The number of anilines is 2. The molecule has 1 amide bonds. The lowest BCUT2D eigenvalue weighted by atomic mass is 10.3. The number of thiazole rings is 1. The van der Waals surface area contributed by atoms with E-state index in [1.54, 1.807) is 40.6 Å². The molecule has 1 atom stereocenters. The Morgan fingerprint density at radius 3 is 2.63 bits per heavy atom. The van der Waals surface area contributed by atoms with Crippen molar-refractivity contribution in [3.63, 3.8) is 0 Å². The number of rotatable bonds is 6. The Morgan fingerprint density at radius 2 is 1.93 bits per heavy atom. The molecule has 11 heteroatoms. The van der Waals surface area contributed by atoms with Crippen molar-refractivity contribution < 1.29 is 17.9 Å². The van der Waals surface area contributed by atoms with Crippen LogP contribution in [0.15, 0.2) is 58.9 Å². The fraction of sp³-hybridized carbons (Fsp3) is 0.158. The standard InChI is InChI=1S/C19H15Cl2N3O4S2/c20-14-2-1-3-15(17(14)21)28-16-8-10-24(18(16)25)12-4-6-13(7-5-12)30(26,27)23-19-22-9-11-29-19/h1-7,9,11,16H,8,10H2,(H,22,23)/t16-/m0/s1. The summed E-state index contributed by atoms with van der Waals surface area (Å²) in [5.41, 5.74) is 0.580. The zero-order chi connectivity index (χ0) is 21.3. The van der Waals surface area contributed by atoms with Crippen LogP contribution in [0.5, 0.6) is 5.75 Å². The van der Waals surface area contributed by atoms with Gasteiger partial charge in [-0.05, 0) is 36.4 Å². The minimum absolute atomic E-state index is 0.0756. The number of carbonyl (C=O) groups excluding carboxylic acids is 1. The molecule has 1 N–H and O–H groups in total. The topological polar surface area (TPSA) is 88.6 Å². The molecule has 2 aromatic carbocycles. The van der Waals surface area contributed by atoms with Gasteiger partial charge in [0.1, 0.15) is 10.8 Å². The highest BCUT2D eigenvalue weighted by Gasteiger charge is 2.35. The Bertz CT molecular complexity index is 1170. The number of ether oxygens (including phenoxy) is 1. The van der Waals surface area contributed by atoms with Crippen LogP contribution in [0.25, 0.3) is 0 Å². The van der Waals surface area contributed by atoms with Crippen LogP contribution in [0, 0.1) is 0 Å². The molecule has 0 spiro atoms. The van der Waals surface area contributed by atoms with Gasteiger partial charge in [0.15, 0.2) is 11.2 Å². The van der Waals surface area contributed by atoms with Crippen molar-refractivity contribution in [1.29, 1.82) is 0 Å². The first-order chi connectivity index (χ1) is 14.3. The van der Waals surface area contributed by atoms with E-state index < -0.39 is 16.1 Å². The van der Waals surface area contributed by atoms with Crippen molar-refractivity contribution in [3.8, 4) is 5.75 Å². The van der Waals surface area contributed by atoms with Gasteiger partial charge in [-0.2, -0.15) is 0 Å². The minimum Gasteiger partial charge on any atom is -0.479 e. The third kappa shape index (κ3) is 4.24. The Labute approximate surface area is 187 Å². The number of halogens is 2. The highest BCUT2D eigenvalue weighted by atomic mass is 35.5. The van der Waals surface area contributed by atoms with Gasteiger partial charge in [0, 0.05) is 30.2 Å². The number of nitrogens with one attached hydrogen (secondary N) is 1. The molecule has 0 saturated carbocycles. The summed E-state index contributed by atoms with van der Waals surface area (Å²) in [5.74, 6) is 0.113. The van der Waals surface area contributed by atoms with Gasteiger partial charge in [0.25, 0.3) is 15.9 Å². The lowest BCUT2D eigenvalue weighted by Gasteiger charge is -2.18. The quantitative estimate of drug-likeness (QED) is 0.559. The molecule has 4 rings (SSSR count). The van der Waals surface area contributed by atoms with Gasteiger partial charge in [0.05, 0.1) is 9.92 Å². The normalized spacial score (nSPS) is 16.7. The van der Waals surface area contributed by atoms with Gasteiger partial charge >= 0.3 is 0 Å². The Kier molecular flexibility index (Phi) is 5.88. The van der Waals surface area contributed by atoms with E-state index in [0.29, 0.717) is 29.4 Å². The first-order valence-electron chi connectivity index (χ1n) is 8.79. The lowest BCUT2D eigenvalue weighted by Crippen LogP contribution is -2.32. The van der Waals surface area contributed by atoms with Crippen LogP contribution in [0.1, 0.15) is 6.42 Å². The molecule has 3 aromatic rings. The zero-order valence-corrected chi connectivity index (χ0v) is 18.4. The van der Waals surface area contributed by atoms with Crippen LogP contribution in [-0.2, 0) is 14.8 Å². The Balaban J connectivity index is 1.47. The summed E-state index contributed by atoms with van der Waals surface area (Å²) in [6.07, 6.45) is 1.28. The van der Waals surface area contributed by atoms with Gasteiger partial charge in [-0.3, -0.25) is 9.52 Å². The molecule has 1 fully saturated rings. The monoisotopic (exact) mass is 483 g/mol. The van der Waals surface area contributed by atoms with E-state index >= 15 is 0 Å². The molecular weight excluding hydrogens is 469 g/mol. The Hall–Kier alpha value is -2.33. The van der Waals surface area contributed by atoms with E-state index in [0.717, 1.165) is 0 Å². The second-order valence-corrected chi connectivity index (χ2v) is 9.74. The summed E-state index contributed by atoms with van der Waals surface area (Å²) in [6, 6.07) is 11.0. The van der Waals surface area contributed by atoms with Crippen molar-refractivity contribution in [2.45, 2.75) is 17.4 Å². The number of aromatic nitrogens is 1. The predicted octanol–water partition coefficient (Wildman–Crippen LogP) is 4.44. The van der Waals surface area contributed by atoms with Crippen LogP contribution < -0.4 is 14.4 Å². The second-order valence-electron chi connectivity index (χ2n) is 6.37. The molecule has 0 unspecified atom stereocenters. The highest BCUT2D eigenvalue weighted by molar-refractivity contribution is 7.93. The average Bonchev–Trinajstić information content (AvgIpc) is 3.35. The third-order valence-corrected chi connectivity index (χ3v) is 7.43. The summed E-state index contributed by atoms with van der Waals surface area (Å²) in [7, 11) is -3.75. The SMILES string of the molecule is O=C1[C@@H](Oc2cccc(Cl)c2Cl)CCN1c1ccc(S(=O)(=O)Nc2nccs2)cc1. The molecule has 1 aliphatic rings. The van der Waals surface area contributed by atoms with Gasteiger partial charge in [-0.1, -0.05) is 29.3 Å². The van der Waals surface area contributed by atoms with Crippen LogP contribution in [0.4, 0.5) is 10.8 Å². The molecule has 0 radical (unpaired) electrons. The van der Waals surface area contributed by atoms with Crippen molar-refractivity contribution >= 4 is 61.3 Å². The predicted molar refractivity (Wildman–Crippen MR) is 117 cm³/mol. The summed E-state index contributed by atoms with van der Waals surface area (Å²) in [6.45, 7) is 0.436. The van der Waals surface area contributed by atoms with Gasteiger partial charge in [-0.25, -0.2) is 13.4 Å². The molecular formula is C19H15Cl2N3O4S2. The van der Waals surface area contributed by atoms with Crippen molar-refractivity contribution in [2.24, 2.45) is 0 Å². The average molecular weight is 484 g/mol. The van der Waals surface area contributed by atoms with E-state index in [1.807, 2.05) is 0 Å². The highest BCUT2D eigenvalue weighted by Crippen LogP contribution is 2.34. The van der Waals surface area contributed by atoms with E-state index in [4.69, 9.17) is 27.9 Å². The second kappa shape index (κ2) is 8.43. The van der Waals surface area contributed by atoms with E-state index in [9.17, 15) is 13.2 Å². The molecule has 1 aromatic heterocycles. The summed E-state index contributed by atoms with van der Waals surface area (Å²) >= 11 is 13.3. The molecule has 0 aliphatic carbocycles. The number of nitrogens with zero attached hydrogens (tertiary/aromatic N) is 2.